The van der Waals surface area contributed by atoms with Gasteiger partial charge in [0.2, 0.25) is 0 Å². The quantitative estimate of drug-likeness (QED) is 0.322. The van der Waals surface area contributed by atoms with Crippen molar-refractivity contribution in [1.82, 2.24) is 14.5 Å². The third-order valence-electron chi connectivity index (χ3n) is 5.89. The molecule has 0 radical (unpaired) electrons. The predicted molar refractivity (Wildman–Crippen MR) is 123 cm³/mol. The van der Waals surface area contributed by atoms with Gasteiger partial charge in [-0.25, -0.2) is 14.8 Å². The number of aryl methyl sites for hydroxylation is 1. The van der Waals surface area contributed by atoms with E-state index < -0.39 is 5.97 Å². The molecule has 0 amide bonds. The number of para-hydroxylation sites is 2. The van der Waals surface area contributed by atoms with Crippen LogP contribution in [-0.2, 0) is 11.3 Å². The number of hydrogen-bond donors (Lipinski definition) is 1. The zero-order valence-electron chi connectivity index (χ0n) is 18.5. The number of anilines is 1. The lowest BCUT2D eigenvalue weighted by atomic mass is 10.1. The average molecular weight is 411 g/mol. The van der Waals surface area contributed by atoms with Crippen LogP contribution < -0.4 is 5.73 Å². The molecule has 0 unspecified atom stereocenters. The van der Waals surface area contributed by atoms with Crippen LogP contribution in [-0.4, -0.2) is 27.1 Å². The van der Waals surface area contributed by atoms with Crippen molar-refractivity contribution in [1.29, 1.82) is 0 Å². The van der Waals surface area contributed by atoms with Crippen molar-refractivity contribution in [3.05, 3.63) is 29.8 Å². The number of fused-ring (bicyclic) bond motifs is 2. The molecule has 30 heavy (non-hydrogen) atoms. The number of nitrogen functional groups attached to an aromatic ring is 1. The Morgan fingerprint density at radius 2 is 1.70 bits per heavy atom. The number of benzene rings is 1. The van der Waals surface area contributed by atoms with Crippen LogP contribution in [0, 0.1) is 5.92 Å². The Bertz CT molecular complexity index is 992. The molecule has 0 aliphatic rings. The number of rotatable bonds is 11. The van der Waals surface area contributed by atoms with E-state index in [0.717, 1.165) is 43.3 Å². The number of esters is 1. The summed E-state index contributed by atoms with van der Waals surface area (Å²) >= 11 is 0. The highest BCUT2D eigenvalue weighted by Crippen LogP contribution is 2.29. The lowest BCUT2D eigenvalue weighted by Crippen LogP contribution is -2.15. The average Bonchev–Trinajstić information content (AvgIpc) is 3.03. The van der Waals surface area contributed by atoms with E-state index in [0.29, 0.717) is 35.1 Å². The van der Waals surface area contributed by atoms with Crippen molar-refractivity contribution < 1.29 is 9.53 Å². The summed E-state index contributed by atoms with van der Waals surface area (Å²) in [5, 5.41) is 0. The summed E-state index contributed by atoms with van der Waals surface area (Å²) in [5.41, 5.74) is 9.57. The van der Waals surface area contributed by atoms with E-state index in [9.17, 15) is 4.79 Å². The van der Waals surface area contributed by atoms with E-state index in [1.54, 1.807) is 0 Å². The van der Waals surface area contributed by atoms with Gasteiger partial charge in [-0.15, -0.1) is 0 Å². The summed E-state index contributed by atoms with van der Waals surface area (Å²) < 4.78 is 7.58. The van der Waals surface area contributed by atoms with Gasteiger partial charge in [0.25, 0.3) is 0 Å². The van der Waals surface area contributed by atoms with Crippen LogP contribution in [0.5, 0.6) is 0 Å². The first-order chi connectivity index (χ1) is 14.6. The van der Waals surface area contributed by atoms with Crippen molar-refractivity contribution >= 4 is 34.0 Å². The lowest BCUT2D eigenvalue weighted by molar-refractivity contribution is 0.0436. The van der Waals surface area contributed by atoms with Gasteiger partial charge >= 0.3 is 5.97 Å². The molecule has 1 aromatic carbocycles. The molecule has 2 aromatic heterocycles. The SMILES string of the molecule is CCCCCCCn1c(N)c(C(=O)OCC(CC)CC)c2nc3ccccc3nc21. The number of unbranched alkanes of at least 4 members (excludes halogenated alkanes) is 4. The summed E-state index contributed by atoms with van der Waals surface area (Å²) in [7, 11) is 0. The number of nitrogens with two attached hydrogens (primary N) is 1. The fourth-order valence-electron chi connectivity index (χ4n) is 3.81. The minimum absolute atomic E-state index is 0.350. The first-order valence-corrected chi connectivity index (χ1v) is 11.3. The fourth-order valence-corrected chi connectivity index (χ4v) is 3.81. The minimum atomic E-state index is -0.404. The molecule has 0 atom stereocenters. The highest BCUT2D eigenvalue weighted by Gasteiger charge is 2.25. The van der Waals surface area contributed by atoms with Gasteiger partial charge in [-0.1, -0.05) is 71.4 Å². The van der Waals surface area contributed by atoms with E-state index in [-0.39, 0.29) is 0 Å². The van der Waals surface area contributed by atoms with E-state index >= 15 is 0 Å². The Labute approximate surface area is 178 Å². The summed E-state index contributed by atoms with van der Waals surface area (Å²) in [5.74, 6) is 0.359. The highest BCUT2D eigenvalue weighted by atomic mass is 16.5. The molecule has 2 heterocycles. The molecule has 3 rings (SSSR count). The second-order valence-electron chi connectivity index (χ2n) is 7.99. The van der Waals surface area contributed by atoms with Crippen molar-refractivity contribution in [2.45, 2.75) is 72.3 Å². The van der Waals surface area contributed by atoms with Crippen LogP contribution in [0.2, 0.25) is 0 Å². The molecule has 6 nitrogen and oxygen atoms in total. The third kappa shape index (κ3) is 4.74. The zero-order chi connectivity index (χ0) is 21.5. The van der Waals surface area contributed by atoms with E-state index in [2.05, 4.69) is 20.8 Å². The van der Waals surface area contributed by atoms with Crippen LogP contribution in [0.1, 0.15) is 76.1 Å². The van der Waals surface area contributed by atoms with E-state index in [4.69, 9.17) is 20.4 Å². The first kappa shape index (κ1) is 22.1. The number of aromatic nitrogens is 3. The maximum atomic E-state index is 13.0. The number of nitrogens with zero attached hydrogens (tertiary/aromatic N) is 3. The number of hydrogen-bond acceptors (Lipinski definition) is 5. The zero-order valence-corrected chi connectivity index (χ0v) is 18.5. The van der Waals surface area contributed by atoms with Gasteiger partial charge in [0.05, 0.1) is 17.6 Å². The Balaban J connectivity index is 1.96. The Hall–Kier alpha value is -2.63. The second kappa shape index (κ2) is 10.4. The molecule has 162 valence electrons. The highest BCUT2D eigenvalue weighted by molar-refractivity contribution is 6.08. The Kier molecular flexibility index (Phi) is 7.66. The smallest absolute Gasteiger partial charge is 0.344 e. The van der Waals surface area contributed by atoms with Crippen LogP contribution >= 0.6 is 0 Å². The summed E-state index contributed by atoms with van der Waals surface area (Å²) in [6.45, 7) is 7.54. The summed E-state index contributed by atoms with van der Waals surface area (Å²) in [6.07, 6.45) is 7.71. The molecule has 0 fully saturated rings. The number of ether oxygens (including phenoxy) is 1. The largest absolute Gasteiger partial charge is 0.462 e. The second-order valence-corrected chi connectivity index (χ2v) is 7.99. The van der Waals surface area contributed by atoms with Crippen LogP contribution in [0.3, 0.4) is 0 Å². The van der Waals surface area contributed by atoms with Gasteiger partial charge < -0.3 is 15.0 Å². The number of carbonyl (C=O) groups is 1. The lowest BCUT2D eigenvalue weighted by Gasteiger charge is -2.12. The molecule has 0 aliphatic heterocycles. The maximum absolute atomic E-state index is 13.0. The van der Waals surface area contributed by atoms with Gasteiger partial charge in [0.1, 0.15) is 16.9 Å². The molecular formula is C24H34N4O2. The van der Waals surface area contributed by atoms with Gasteiger partial charge in [0, 0.05) is 6.54 Å². The first-order valence-electron chi connectivity index (χ1n) is 11.3. The Morgan fingerprint density at radius 3 is 2.37 bits per heavy atom. The molecule has 0 spiro atoms. The molecule has 2 N–H and O–H groups in total. The third-order valence-corrected chi connectivity index (χ3v) is 5.89. The van der Waals surface area contributed by atoms with Gasteiger partial charge in [-0.3, -0.25) is 0 Å². The molecule has 0 saturated carbocycles. The minimum Gasteiger partial charge on any atom is -0.462 e. The van der Waals surface area contributed by atoms with Crippen LogP contribution in [0.4, 0.5) is 5.82 Å². The molecule has 0 bridgehead atoms. The van der Waals surface area contributed by atoms with E-state index in [1.807, 2.05) is 28.8 Å². The van der Waals surface area contributed by atoms with E-state index in [1.165, 1.54) is 19.3 Å². The molecular weight excluding hydrogens is 376 g/mol. The number of carbonyl (C=O) groups excluding carboxylic acids is 1. The molecule has 0 saturated heterocycles. The molecule has 6 heteroatoms. The monoisotopic (exact) mass is 410 g/mol. The maximum Gasteiger partial charge on any atom is 0.344 e. The van der Waals surface area contributed by atoms with Crippen molar-refractivity contribution in [2.24, 2.45) is 5.92 Å². The van der Waals surface area contributed by atoms with Crippen LogP contribution in [0.25, 0.3) is 22.2 Å². The fraction of sp³-hybridized carbons (Fsp3) is 0.542. The van der Waals surface area contributed by atoms with Crippen molar-refractivity contribution in [3.63, 3.8) is 0 Å². The van der Waals surface area contributed by atoms with Gasteiger partial charge in [-0.2, -0.15) is 0 Å². The summed E-state index contributed by atoms with van der Waals surface area (Å²) in [6, 6.07) is 7.69. The standard InChI is InChI=1S/C24H34N4O2/c1-4-7-8-9-12-15-28-22(25)20(24(29)30-16-17(5-2)6-3)21-23(28)27-19-14-11-10-13-18(19)26-21/h10-11,13-14,17H,4-9,12,15-16,25H2,1-3H3. The normalized spacial score (nSPS) is 11.6. The van der Waals surface area contributed by atoms with Crippen molar-refractivity contribution in [2.75, 3.05) is 12.3 Å². The topological polar surface area (TPSA) is 83.0 Å². The molecule has 0 aliphatic carbocycles. The van der Waals surface area contributed by atoms with Gasteiger partial charge in [0.15, 0.2) is 5.65 Å². The Morgan fingerprint density at radius 1 is 1.03 bits per heavy atom. The van der Waals surface area contributed by atoms with Gasteiger partial charge in [-0.05, 0) is 24.5 Å². The predicted octanol–water partition coefficient (Wildman–Crippen LogP) is 5.73. The molecule has 3 aromatic rings. The summed E-state index contributed by atoms with van der Waals surface area (Å²) in [4.78, 5) is 22.5. The van der Waals surface area contributed by atoms with Crippen LogP contribution in [0.15, 0.2) is 24.3 Å². The van der Waals surface area contributed by atoms with Crippen molar-refractivity contribution in [3.8, 4) is 0 Å².